The summed E-state index contributed by atoms with van der Waals surface area (Å²) in [5, 5.41) is 2.34. The van der Waals surface area contributed by atoms with Gasteiger partial charge in [-0.3, -0.25) is 4.70 Å². The van der Waals surface area contributed by atoms with Crippen LogP contribution in [0.3, 0.4) is 0 Å². The van der Waals surface area contributed by atoms with E-state index >= 15 is 0 Å². The minimum absolute atomic E-state index is 0. The first-order valence-corrected chi connectivity index (χ1v) is 3.61. The van der Waals surface area contributed by atoms with Gasteiger partial charge in [0.25, 0.3) is 0 Å². The van der Waals surface area contributed by atoms with Crippen molar-refractivity contribution in [3.8, 4) is 0 Å². The van der Waals surface area contributed by atoms with Crippen LogP contribution in [-0.4, -0.2) is 0 Å². The number of rotatable bonds is 0. The van der Waals surface area contributed by atoms with Gasteiger partial charge in [0.1, 0.15) is 0 Å². The summed E-state index contributed by atoms with van der Waals surface area (Å²) in [6.07, 6.45) is 0. The highest BCUT2D eigenvalue weighted by molar-refractivity contribution is 5.92. The molecule has 0 aliphatic heterocycles. The largest absolute Gasteiger partial charge is 0.398 e. The van der Waals surface area contributed by atoms with Gasteiger partial charge in [-0.25, -0.2) is 0 Å². The molecule has 0 unspecified atom stereocenters. The molecule has 12 heavy (non-hydrogen) atoms. The summed E-state index contributed by atoms with van der Waals surface area (Å²) in [6.45, 7) is 0. The molecule has 0 aliphatic carbocycles. The van der Waals surface area contributed by atoms with Crippen LogP contribution in [0.15, 0.2) is 42.5 Å². The van der Waals surface area contributed by atoms with Crippen LogP contribution in [0.1, 0.15) is 0 Å². The predicted octanol–water partition coefficient (Wildman–Crippen LogP) is 2.57. The molecule has 0 aromatic heterocycles. The van der Waals surface area contributed by atoms with Gasteiger partial charge in [0.05, 0.1) is 0 Å². The Hall–Kier alpha value is -1.57. The maximum Gasteiger partial charge on any atom is 0.0393 e. The Kier molecular flexibility index (Phi) is 2.29. The molecule has 0 fully saturated rings. The summed E-state index contributed by atoms with van der Waals surface area (Å²) in [7, 11) is 0. The second-order valence-corrected chi connectivity index (χ2v) is 2.57. The first-order chi connectivity index (χ1) is 5.38. The smallest absolute Gasteiger partial charge is 0.0393 e. The number of halogens is 1. The molecule has 0 saturated heterocycles. The second kappa shape index (κ2) is 3.22. The van der Waals surface area contributed by atoms with Crippen LogP contribution in [0.4, 0.5) is 10.4 Å². The van der Waals surface area contributed by atoms with Crippen molar-refractivity contribution < 1.29 is 4.70 Å². The molecule has 2 heteroatoms. The van der Waals surface area contributed by atoms with Crippen molar-refractivity contribution in [3.05, 3.63) is 42.5 Å². The molecule has 0 atom stereocenters. The Balaban J connectivity index is 0.000000720. The Bertz CT molecular complexity index is 379. The highest BCUT2D eigenvalue weighted by Crippen LogP contribution is 2.19. The minimum Gasteiger partial charge on any atom is -0.398 e. The van der Waals surface area contributed by atoms with Gasteiger partial charge in [-0.05, 0) is 11.5 Å². The van der Waals surface area contributed by atoms with Crippen LogP contribution < -0.4 is 5.73 Å². The third-order valence-electron chi connectivity index (χ3n) is 1.82. The number of nitrogens with two attached hydrogens (primary N) is 1. The zero-order valence-electron chi connectivity index (χ0n) is 6.53. The molecule has 2 N–H and O–H groups in total. The van der Waals surface area contributed by atoms with E-state index in [2.05, 4.69) is 12.1 Å². The molecular weight excluding hydrogens is 153 g/mol. The van der Waals surface area contributed by atoms with Gasteiger partial charge in [0.15, 0.2) is 0 Å². The van der Waals surface area contributed by atoms with E-state index in [-0.39, 0.29) is 4.70 Å². The molecule has 1 nitrogen and oxygen atoms in total. The standard InChI is InChI=1S/C10H9N.FH/c11-10-7-3-5-8-4-1-2-6-9(8)10;/h1-7H,11H2;1H. The summed E-state index contributed by atoms with van der Waals surface area (Å²) in [4.78, 5) is 0. The maximum atomic E-state index is 5.76. The molecule has 0 amide bonds. The van der Waals surface area contributed by atoms with Crippen LogP contribution in [0.5, 0.6) is 0 Å². The van der Waals surface area contributed by atoms with Gasteiger partial charge in [-0.1, -0.05) is 36.4 Å². The topological polar surface area (TPSA) is 26.0 Å². The quantitative estimate of drug-likeness (QED) is 0.593. The van der Waals surface area contributed by atoms with Crippen molar-refractivity contribution in [1.82, 2.24) is 0 Å². The van der Waals surface area contributed by atoms with E-state index < -0.39 is 0 Å². The Morgan fingerprint density at radius 2 is 1.50 bits per heavy atom. The predicted molar refractivity (Wildman–Crippen MR) is 50.9 cm³/mol. The van der Waals surface area contributed by atoms with Crippen LogP contribution >= 0.6 is 0 Å². The number of anilines is 1. The summed E-state index contributed by atoms with van der Waals surface area (Å²) in [5.41, 5.74) is 6.61. The fraction of sp³-hybridized carbons (Fsp3) is 0. The molecule has 2 rings (SSSR count). The lowest BCUT2D eigenvalue weighted by atomic mass is 10.1. The monoisotopic (exact) mass is 163 g/mol. The maximum absolute atomic E-state index is 5.76. The molecule has 0 aliphatic rings. The lowest BCUT2D eigenvalue weighted by Crippen LogP contribution is -1.84. The van der Waals surface area contributed by atoms with E-state index in [0.29, 0.717) is 0 Å². The Labute approximate surface area is 70.2 Å². The molecule has 0 saturated carbocycles. The highest BCUT2D eigenvalue weighted by atomic mass is 19.0. The highest BCUT2D eigenvalue weighted by Gasteiger charge is 1.92. The van der Waals surface area contributed by atoms with Gasteiger partial charge in [0.2, 0.25) is 0 Å². The Morgan fingerprint density at radius 1 is 0.833 bits per heavy atom. The number of fused-ring (bicyclic) bond motifs is 1. The first kappa shape index (κ1) is 8.53. The van der Waals surface area contributed by atoms with E-state index in [1.165, 1.54) is 5.39 Å². The normalized spacial score (nSPS) is 9.33. The second-order valence-electron chi connectivity index (χ2n) is 2.57. The number of hydrogen-bond acceptors (Lipinski definition) is 1. The lowest BCUT2D eigenvalue weighted by molar-refractivity contribution is 1.11. The molecule has 62 valence electrons. The molecule has 0 bridgehead atoms. The van der Waals surface area contributed by atoms with Crippen LogP contribution in [0, 0.1) is 0 Å². The van der Waals surface area contributed by atoms with Crippen molar-refractivity contribution in [2.24, 2.45) is 0 Å². The average molecular weight is 163 g/mol. The van der Waals surface area contributed by atoms with Gasteiger partial charge in [0, 0.05) is 11.1 Å². The number of hydrogen-bond donors (Lipinski definition) is 1. The molecule has 2 aromatic carbocycles. The van der Waals surface area contributed by atoms with E-state index in [0.717, 1.165) is 11.1 Å². The van der Waals surface area contributed by atoms with Crippen molar-refractivity contribution in [1.29, 1.82) is 0 Å². The fourth-order valence-corrected chi connectivity index (χ4v) is 1.25. The fourth-order valence-electron chi connectivity index (χ4n) is 1.25. The summed E-state index contributed by atoms with van der Waals surface area (Å²) < 4.78 is 0. The zero-order chi connectivity index (χ0) is 7.68. The number of benzene rings is 2. The van der Waals surface area contributed by atoms with Crippen LogP contribution in [-0.2, 0) is 0 Å². The summed E-state index contributed by atoms with van der Waals surface area (Å²) in [6, 6.07) is 14.1. The van der Waals surface area contributed by atoms with Gasteiger partial charge in [-0.15, -0.1) is 0 Å². The van der Waals surface area contributed by atoms with Crippen molar-refractivity contribution >= 4 is 16.5 Å². The van der Waals surface area contributed by atoms with Crippen molar-refractivity contribution in [3.63, 3.8) is 0 Å². The third-order valence-corrected chi connectivity index (χ3v) is 1.82. The summed E-state index contributed by atoms with van der Waals surface area (Å²) >= 11 is 0. The van der Waals surface area contributed by atoms with E-state index in [9.17, 15) is 0 Å². The summed E-state index contributed by atoms with van der Waals surface area (Å²) in [5.74, 6) is 0. The lowest BCUT2D eigenvalue weighted by Gasteiger charge is -1.98. The van der Waals surface area contributed by atoms with E-state index in [1.807, 2.05) is 30.3 Å². The third kappa shape index (κ3) is 1.23. The van der Waals surface area contributed by atoms with Gasteiger partial charge in [-0.2, -0.15) is 0 Å². The zero-order valence-corrected chi connectivity index (χ0v) is 6.53. The Morgan fingerprint density at radius 3 is 2.25 bits per heavy atom. The van der Waals surface area contributed by atoms with E-state index in [1.54, 1.807) is 0 Å². The molecule has 0 spiro atoms. The van der Waals surface area contributed by atoms with Gasteiger partial charge >= 0.3 is 0 Å². The molecule has 0 radical (unpaired) electrons. The molecular formula is C10H10FN. The first-order valence-electron chi connectivity index (χ1n) is 3.61. The van der Waals surface area contributed by atoms with Gasteiger partial charge < -0.3 is 5.73 Å². The van der Waals surface area contributed by atoms with Crippen molar-refractivity contribution in [2.45, 2.75) is 0 Å². The van der Waals surface area contributed by atoms with Crippen molar-refractivity contribution in [2.75, 3.05) is 5.73 Å². The number of nitrogen functional groups attached to an aromatic ring is 1. The minimum atomic E-state index is 0. The molecule has 0 heterocycles. The molecule has 2 aromatic rings. The van der Waals surface area contributed by atoms with E-state index in [4.69, 9.17) is 5.73 Å². The average Bonchev–Trinajstić information content (AvgIpc) is 2.06. The van der Waals surface area contributed by atoms with Crippen LogP contribution in [0.2, 0.25) is 0 Å². The van der Waals surface area contributed by atoms with Crippen LogP contribution in [0.25, 0.3) is 10.8 Å². The SMILES string of the molecule is F.Nc1cccc2ccccc12.